The lowest BCUT2D eigenvalue weighted by atomic mass is 9.55. The molecule has 10 nitrogen and oxygen atoms in total. The second kappa shape index (κ2) is 13.2. The topological polar surface area (TPSA) is 136 Å². The van der Waals surface area contributed by atoms with Crippen molar-refractivity contribution in [1.82, 2.24) is 0 Å². The van der Waals surface area contributed by atoms with E-state index in [0.717, 1.165) is 41.5 Å². The first-order valence-electron chi connectivity index (χ1n) is 16.9. The molecule has 0 radical (unpaired) electrons. The third-order valence-corrected chi connectivity index (χ3v) is 11.4. The van der Waals surface area contributed by atoms with Gasteiger partial charge in [-0.2, -0.15) is 0 Å². The van der Waals surface area contributed by atoms with E-state index in [2.05, 4.69) is 6.92 Å². The molecule has 3 unspecified atom stereocenters. The van der Waals surface area contributed by atoms with E-state index < -0.39 is 0 Å². The van der Waals surface area contributed by atoms with E-state index in [9.17, 15) is 20.4 Å². The van der Waals surface area contributed by atoms with Gasteiger partial charge in [-0.1, -0.05) is 31.2 Å². The molecule has 3 aliphatic rings. The summed E-state index contributed by atoms with van der Waals surface area (Å²) in [6, 6.07) is 21.6. The van der Waals surface area contributed by atoms with Gasteiger partial charge in [0.05, 0.1) is 52.9 Å². The molecule has 3 fully saturated rings. The summed E-state index contributed by atoms with van der Waals surface area (Å²) in [6.45, 7) is 2.23. The summed E-state index contributed by atoms with van der Waals surface area (Å²) < 4.78 is 35.9. The number of methoxy groups -OCH3 is 4. The quantitative estimate of drug-likeness (QED) is 0.145. The van der Waals surface area contributed by atoms with Gasteiger partial charge in [-0.15, -0.1) is 0 Å². The number of hydrogen-bond donors (Lipinski definition) is 4. The molecule has 50 heavy (non-hydrogen) atoms. The van der Waals surface area contributed by atoms with Crippen LogP contribution in [-0.2, 0) is 9.47 Å². The maximum absolute atomic E-state index is 10.9. The van der Waals surface area contributed by atoms with E-state index in [0.29, 0.717) is 23.0 Å². The van der Waals surface area contributed by atoms with Gasteiger partial charge >= 0.3 is 0 Å². The van der Waals surface area contributed by atoms with Crippen LogP contribution in [0.4, 0.5) is 0 Å². The lowest BCUT2D eigenvalue weighted by Crippen LogP contribution is -2.40. The van der Waals surface area contributed by atoms with E-state index in [4.69, 9.17) is 28.4 Å². The zero-order chi connectivity index (χ0) is 35.3. The van der Waals surface area contributed by atoms with E-state index in [1.54, 1.807) is 30.3 Å². The summed E-state index contributed by atoms with van der Waals surface area (Å²) in [5.74, 6) is 1.87. The van der Waals surface area contributed by atoms with Gasteiger partial charge in [-0.3, -0.25) is 0 Å². The van der Waals surface area contributed by atoms with Crippen molar-refractivity contribution in [3.8, 4) is 46.0 Å². The molecular formula is C40H44O10. The molecule has 0 aromatic heterocycles. The number of ether oxygens (including phenoxy) is 6. The minimum absolute atomic E-state index is 0.00904. The van der Waals surface area contributed by atoms with E-state index in [-0.39, 0.29) is 70.6 Å². The number of fused-ring (bicyclic) bond motifs is 1. The first kappa shape index (κ1) is 33.7. The van der Waals surface area contributed by atoms with Crippen LogP contribution in [0.15, 0.2) is 72.8 Å². The number of phenolic OH excluding ortho intramolecular Hbond substituents is 4. The van der Waals surface area contributed by atoms with Gasteiger partial charge < -0.3 is 48.8 Å². The van der Waals surface area contributed by atoms with Crippen LogP contribution in [0.25, 0.3) is 0 Å². The molecule has 7 rings (SSSR count). The Bertz CT molecular complexity index is 1880. The number of aromatic hydroxyl groups is 4. The largest absolute Gasteiger partial charge is 0.504 e. The van der Waals surface area contributed by atoms with Crippen LogP contribution in [0.2, 0.25) is 0 Å². The van der Waals surface area contributed by atoms with Gasteiger partial charge in [0, 0.05) is 5.41 Å². The van der Waals surface area contributed by atoms with Crippen LogP contribution in [0.1, 0.15) is 72.9 Å². The van der Waals surface area contributed by atoms with Crippen LogP contribution >= 0.6 is 0 Å². The van der Waals surface area contributed by atoms with Gasteiger partial charge in [-0.25, -0.2) is 0 Å². The lowest BCUT2D eigenvalue weighted by Gasteiger charge is -2.47. The van der Waals surface area contributed by atoms with Crippen molar-refractivity contribution in [2.24, 2.45) is 23.2 Å². The normalized spacial score (nSPS) is 28.7. The zero-order valence-electron chi connectivity index (χ0n) is 28.8. The lowest BCUT2D eigenvalue weighted by molar-refractivity contribution is -0.0247. The molecule has 8 atom stereocenters. The molecule has 4 aromatic rings. The third kappa shape index (κ3) is 5.51. The van der Waals surface area contributed by atoms with Gasteiger partial charge in [0.1, 0.15) is 0 Å². The first-order chi connectivity index (χ1) is 24.1. The maximum Gasteiger partial charge on any atom is 0.160 e. The van der Waals surface area contributed by atoms with Crippen molar-refractivity contribution in [2.75, 3.05) is 28.4 Å². The maximum atomic E-state index is 10.9. The Kier molecular flexibility index (Phi) is 8.86. The SMILES string of the molecule is COc1ccc([C@@H]2O[C@H](c3ccc(O)c(OC)c3)C(C)[C@]23CCC2C(C3)[C@@H](c3ccc(O)c(OC)c3)O[C@H]2c2ccc(O)c(OC)c2)cc1O. The fourth-order valence-corrected chi connectivity index (χ4v) is 8.91. The Balaban J connectivity index is 1.34. The predicted octanol–water partition coefficient (Wildman–Crippen LogP) is 7.91. The minimum Gasteiger partial charge on any atom is -0.504 e. The Hall–Kier alpha value is -4.80. The standard InChI is InChI=1S/C40H44O10/c1-21-36(22-6-10-28(41)33(17-22)46-3)50-39(25-9-13-32(45-2)31(44)16-25)40(21)15-14-26-27(20-40)38(24-8-12-30(43)35(19-24)48-5)49-37(26)23-7-11-29(42)34(18-23)47-4/h6-13,16-19,21,26-27,36-39,41-44H,14-15,20H2,1-5H3/t21?,26?,27?,36-,37-,38+,39-,40+/m0/s1. The van der Waals surface area contributed by atoms with Crippen LogP contribution in [0.5, 0.6) is 46.0 Å². The van der Waals surface area contributed by atoms with Crippen LogP contribution in [0, 0.1) is 23.2 Å². The molecule has 10 heteroatoms. The van der Waals surface area contributed by atoms with E-state index in [1.807, 2.05) is 42.5 Å². The highest BCUT2D eigenvalue weighted by Gasteiger charge is 2.61. The molecular weight excluding hydrogens is 640 g/mol. The zero-order valence-corrected chi connectivity index (χ0v) is 28.8. The highest BCUT2D eigenvalue weighted by molar-refractivity contribution is 5.47. The molecule has 1 spiro atoms. The fourth-order valence-electron chi connectivity index (χ4n) is 8.91. The Morgan fingerprint density at radius 3 is 1.52 bits per heavy atom. The molecule has 2 heterocycles. The molecule has 1 saturated carbocycles. The second-order valence-electron chi connectivity index (χ2n) is 13.7. The Labute approximate surface area is 291 Å². The van der Waals surface area contributed by atoms with Crippen molar-refractivity contribution >= 4 is 0 Å². The van der Waals surface area contributed by atoms with E-state index >= 15 is 0 Å². The summed E-state index contributed by atoms with van der Waals surface area (Å²) in [4.78, 5) is 0. The molecule has 264 valence electrons. The van der Waals surface area contributed by atoms with Crippen molar-refractivity contribution in [3.05, 3.63) is 95.1 Å². The van der Waals surface area contributed by atoms with Crippen molar-refractivity contribution in [1.29, 1.82) is 0 Å². The van der Waals surface area contributed by atoms with Crippen LogP contribution in [-0.4, -0.2) is 48.9 Å². The summed E-state index contributed by atoms with van der Waals surface area (Å²) in [7, 11) is 6.12. The highest BCUT2D eigenvalue weighted by Crippen LogP contribution is 2.69. The second-order valence-corrected chi connectivity index (χ2v) is 13.7. The monoisotopic (exact) mass is 684 g/mol. The summed E-state index contributed by atoms with van der Waals surface area (Å²) in [5.41, 5.74) is 3.17. The summed E-state index contributed by atoms with van der Waals surface area (Å²) >= 11 is 0. The smallest absolute Gasteiger partial charge is 0.160 e. The van der Waals surface area contributed by atoms with Crippen molar-refractivity contribution in [2.45, 2.75) is 50.6 Å². The third-order valence-electron chi connectivity index (χ3n) is 11.4. The Morgan fingerprint density at radius 2 is 1.02 bits per heavy atom. The molecule has 2 aliphatic heterocycles. The van der Waals surface area contributed by atoms with Crippen molar-refractivity contribution in [3.63, 3.8) is 0 Å². The van der Waals surface area contributed by atoms with Gasteiger partial charge in [-0.05, 0) is 108 Å². The molecule has 0 amide bonds. The first-order valence-corrected chi connectivity index (χ1v) is 16.9. The van der Waals surface area contributed by atoms with Crippen molar-refractivity contribution < 1.29 is 48.8 Å². The van der Waals surface area contributed by atoms with Gasteiger partial charge in [0.25, 0.3) is 0 Å². The number of hydrogen-bond acceptors (Lipinski definition) is 10. The number of phenols is 4. The highest BCUT2D eigenvalue weighted by atomic mass is 16.5. The molecule has 4 N–H and O–H groups in total. The average molecular weight is 685 g/mol. The molecule has 1 aliphatic carbocycles. The number of benzene rings is 4. The number of rotatable bonds is 8. The van der Waals surface area contributed by atoms with Gasteiger partial charge in [0.15, 0.2) is 46.0 Å². The fraction of sp³-hybridized carbons (Fsp3) is 0.400. The average Bonchev–Trinajstić information content (AvgIpc) is 3.63. The predicted molar refractivity (Wildman–Crippen MR) is 184 cm³/mol. The van der Waals surface area contributed by atoms with Crippen LogP contribution < -0.4 is 18.9 Å². The molecule has 0 bridgehead atoms. The molecule has 2 saturated heterocycles. The summed E-state index contributed by atoms with van der Waals surface area (Å²) in [6.07, 6.45) is 1.03. The Morgan fingerprint density at radius 1 is 0.540 bits per heavy atom. The summed E-state index contributed by atoms with van der Waals surface area (Å²) in [5, 5.41) is 42.2. The minimum atomic E-state index is -0.387. The van der Waals surface area contributed by atoms with Gasteiger partial charge in [0.2, 0.25) is 0 Å². The van der Waals surface area contributed by atoms with E-state index in [1.165, 1.54) is 28.4 Å². The van der Waals surface area contributed by atoms with Crippen LogP contribution in [0.3, 0.4) is 0 Å². The molecule has 4 aromatic carbocycles.